The minimum atomic E-state index is -0.759. The van der Waals surface area contributed by atoms with Crippen molar-refractivity contribution in [2.45, 2.75) is 51.2 Å². The Labute approximate surface area is 222 Å². The van der Waals surface area contributed by atoms with Gasteiger partial charge in [0.2, 0.25) is 11.8 Å². The molecule has 2 atom stereocenters. The molecule has 2 amide bonds. The molecule has 9 nitrogen and oxygen atoms in total. The summed E-state index contributed by atoms with van der Waals surface area (Å²) in [6.07, 6.45) is 4.28. The van der Waals surface area contributed by atoms with Crippen molar-refractivity contribution in [3.05, 3.63) is 71.9 Å². The number of esters is 1. The fourth-order valence-electron chi connectivity index (χ4n) is 4.77. The third-order valence-corrected chi connectivity index (χ3v) is 6.72. The molecule has 1 fully saturated rings. The van der Waals surface area contributed by atoms with Crippen molar-refractivity contribution < 1.29 is 19.1 Å². The summed E-state index contributed by atoms with van der Waals surface area (Å²) in [5.41, 5.74) is 7.95. The van der Waals surface area contributed by atoms with Crippen LogP contribution >= 0.6 is 0 Å². The summed E-state index contributed by atoms with van der Waals surface area (Å²) in [5.74, 6) is -0.722. The maximum absolute atomic E-state index is 13.2. The number of rotatable bonds is 11. The molecule has 3 aromatic rings. The molecule has 1 aliphatic rings. The molecule has 2 aromatic carbocycles. The van der Waals surface area contributed by atoms with Crippen LogP contribution in [0.15, 0.2) is 60.8 Å². The minimum Gasteiger partial charge on any atom is -0.465 e. The zero-order valence-corrected chi connectivity index (χ0v) is 21.7. The monoisotopic (exact) mass is 517 g/mol. The Kier molecular flexibility index (Phi) is 9.40. The summed E-state index contributed by atoms with van der Waals surface area (Å²) < 4.78 is 5.12. The lowest BCUT2D eigenvalue weighted by molar-refractivity contribution is -0.142. The lowest BCUT2D eigenvalue weighted by atomic mass is 10.0. The standard InChI is InChI=1S/C29H35N5O4/c1-2-15-38-26(35)18-32-24(17-20-7-4-3-5-8-20)28(36)33-29(37)25-9-6-14-34(25)19-21-10-11-23-22(16-21)12-13-31-27(23)30/h3-5,7-8,10-13,16,24-25,32H,2,6,9,14-15,17-19H2,1H3,(H2,30,31)(H,33,36,37)/t24-,25+/m1/s1. The largest absolute Gasteiger partial charge is 0.465 e. The average Bonchev–Trinajstić information content (AvgIpc) is 3.38. The molecule has 4 rings (SSSR count). The van der Waals surface area contributed by atoms with Crippen LogP contribution in [0.25, 0.3) is 10.8 Å². The summed E-state index contributed by atoms with van der Waals surface area (Å²) in [7, 11) is 0. The first-order chi connectivity index (χ1) is 18.4. The number of ether oxygens (including phenoxy) is 1. The Morgan fingerprint density at radius 1 is 1.13 bits per heavy atom. The van der Waals surface area contributed by atoms with E-state index in [1.54, 1.807) is 6.20 Å². The highest BCUT2D eigenvalue weighted by Crippen LogP contribution is 2.24. The second-order valence-corrected chi connectivity index (χ2v) is 9.58. The predicted molar refractivity (Wildman–Crippen MR) is 146 cm³/mol. The van der Waals surface area contributed by atoms with Crippen molar-refractivity contribution in [3.8, 4) is 0 Å². The van der Waals surface area contributed by atoms with Gasteiger partial charge in [-0.15, -0.1) is 0 Å². The summed E-state index contributed by atoms with van der Waals surface area (Å²) in [5, 5.41) is 7.47. The van der Waals surface area contributed by atoms with E-state index in [9.17, 15) is 14.4 Å². The van der Waals surface area contributed by atoms with E-state index in [0.717, 1.165) is 41.3 Å². The summed E-state index contributed by atoms with van der Waals surface area (Å²) >= 11 is 0. The fraction of sp³-hybridized carbons (Fsp3) is 0.379. The molecule has 9 heteroatoms. The zero-order valence-electron chi connectivity index (χ0n) is 21.7. The van der Waals surface area contributed by atoms with Crippen molar-refractivity contribution in [1.82, 2.24) is 20.5 Å². The number of fused-ring (bicyclic) bond motifs is 1. The summed E-state index contributed by atoms with van der Waals surface area (Å²) in [4.78, 5) is 44.7. The van der Waals surface area contributed by atoms with Gasteiger partial charge in [-0.25, -0.2) is 4.98 Å². The van der Waals surface area contributed by atoms with Gasteiger partial charge in [0.25, 0.3) is 0 Å². The lowest BCUT2D eigenvalue weighted by Gasteiger charge is -2.25. The average molecular weight is 518 g/mol. The number of nitrogens with two attached hydrogens (primary N) is 1. The molecule has 0 radical (unpaired) electrons. The van der Waals surface area contributed by atoms with Crippen LogP contribution in [-0.2, 0) is 32.1 Å². The molecule has 2 heterocycles. The molecule has 0 saturated carbocycles. The van der Waals surface area contributed by atoms with E-state index in [1.807, 2.05) is 55.5 Å². The van der Waals surface area contributed by atoms with Crippen LogP contribution in [0.2, 0.25) is 0 Å². The number of nitrogens with one attached hydrogen (secondary N) is 2. The predicted octanol–water partition coefficient (Wildman–Crippen LogP) is 2.58. The van der Waals surface area contributed by atoms with Gasteiger partial charge in [0.05, 0.1) is 25.2 Å². The number of pyridine rings is 1. The number of nitrogen functional groups attached to an aromatic ring is 1. The Hall–Kier alpha value is -3.82. The van der Waals surface area contributed by atoms with E-state index in [4.69, 9.17) is 10.5 Å². The van der Waals surface area contributed by atoms with Crippen LogP contribution in [0.1, 0.15) is 37.3 Å². The van der Waals surface area contributed by atoms with Gasteiger partial charge in [-0.05, 0) is 60.9 Å². The summed E-state index contributed by atoms with van der Waals surface area (Å²) in [6.45, 7) is 3.47. The molecule has 0 spiro atoms. The van der Waals surface area contributed by atoms with E-state index < -0.39 is 24.0 Å². The lowest BCUT2D eigenvalue weighted by Crippen LogP contribution is -2.52. The van der Waals surface area contributed by atoms with Crippen molar-refractivity contribution >= 4 is 34.4 Å². The topological polar surface area (TPSA) is 127 Å². The number of aromatic nitrogens is 1. The second-order valence-electron chi connectivity index (χ2n) is 9.58. The highest BCUT2D eigenvalue weighted by atomic mass is 16.5. The van der Waals surface area contributed by atoms with Gasteiger partial charge in [0.15, 0.2) is 0 Å². The molecular weight excluding hydrogens is 482 g/mol. The van der Waals surface area contributed by atoms with Gasteiger partial charge >= 0.3 is 5.97 Å². The number of carbonyl (C=O) groups is 3. The van der Waals surface area contributed by atoms with Crippen molar-refractivity contribution in [3.63, 3.8) is 0 Å². The van der Waals surface area contributed by atoms with Gasteiger partial charge in [0.1, 0.15) is 5.82 Å². The van der Waals surface area contributed by atoms with Crippen LogP contribution in [0.3, 0.4) is 0 Å². The van der Waals surface area contributed by atoms with E-state index in [2.05, 4.69) is 26.6 Å². The first kappa shape index (κ1) is 27.2. The molecule has 200 valence electrons. The highest BCUT2D eigenvalue weighted by molar-refractivity contribution is 6.00. The zero-order chi connectivity index (χ0) is 26.9. The van der Waals surface area contributed by atoms with E-state index in [1.165, 1.54) is 0 Å². The second kappa shape index (κ2) is 13.1. The Bertz CT molecular complexity index is 1270. The van der Waals surface area contributed by atoms with Gasteiger partial charge in [-0.2, -0.15) is 0 Å². The van der Waals surface area contributed by atoms with Crippen LogP contribution in [0.5, 0.6) is 0 Å². The van der Waals surface area contributed by atoms with E-state index in [-0.39, 0.29) is 12.5 Å². The maximum Gasteiger partial charge on any atom is 0.319 e. The normalized spacial score (nSPS) is 16.3. The van der Waals surface area contributed by atoms with Crippen LogP contribution in [-0.4, -0.2) is 59.4 Å². The number of imide groups is 1. The number of anilines is 1. The third-order valence-electron chi connectivity index (χ3n) is 6.72. The number of likely N-dealkylation sites (tertiary alicyclic amines) is 1. The molecule has 0 bridgehead atoms. The number of benzene rings is 2. The van der Waals surface area contributed by atoms with Crippen molar-refractivity contribution in [1.29, 1.82) is 0 Å². The van der Waals surface area contributed by atoms with E-state index >= 15 is 0 Å². The first-order valence-corrected chi connectivity index (χ1v) is 13.1. The van der Waals surface area contributed by atoms with E-state index in [0.29, 0.717) is 31.8 Å². The smallest absolute Gasteiger partial charge is 0.319 e. The van der Waals surface area contributed by atoms with Crippen LogP contribution < -0.4 is 16.4 Å². The quantitative estimate of drug-likeness (QED) is 0.331. The SMILES string of the molecule is CCCOC(=O)CN[C@H](Cc1ccccc1)C(=O)NC(=O)[C@@H]1CCCN1Cc1ccc2c(N)nccc2c1. The third kappa shape index (κ3) is 7.14. The number of hydrogen-bond donors (Lipinski definition) is 3. The highest BCUT2D eigenvalue weighted by Gasteiger charge is 2.33. The number of hydrogen-bond acceptors (Lipinski definition) is 8. The Morgan fingerprint density at radius 3 is 2.74 bits per heavy atom. The Balaban J connectivity index is 1.40. The minimum absolute atomic E-state index is 0.114. The first-order valence-electron chi connectivity index (χ1n) is 13.1. The van der Waals surface area contributed by atoms with Crippen LogP contribution in [0.4, 0.5) is 5.82 Å². The molecule has 1 aliphatic heterocycles. The van der Waals surface area contributed by atoms with Gasteiger partial charge in [-0.3, -0.25) is 29.9 Å². The molecular formula is C29H35N5O4. The van der Waals surface area contributed by atoms with Gasteiger partial charge in [-0.1, -0.05) is 49.4 Å². The van der Waals surface area contributed by atoms with Crippen LogP contribution in [0, 0.1) is 0 Å². The van der Waals surface area contributed by atoms with Crippen molar-refractivity contribution in [2.75, 3.05) is 25.4 Å². The molecule has 0 unspecified atom stereocenters. The Morgan fingerprint density at radius 2 is 1.95 bits per heavy atom. The maximum atomic E-state index is 13.2. The summed E-state index contributed by atoms with van der Waals surface area (Å²) in [6, 6.07) is 16.2. The fourth-order valence-corrected chi connectivity index (χ4v) is 4.77. The molecule has 38 heavy (non-hydrogen) atoms. The molecule has 0 aliphatic carbocycles. The van der Waals surface area contributed by atoms with Gasteiger partial charge in [0, 0.05) is 18.1 Å². The van der Waals surface area contributed by atoms with Gasteiger partial charge < -0.3 is 10.5 Å². The number of amides is 2. The number of nitrogens with zero attached hydrogens (tertiary/aromatic N) is 2. The van der Waals surface area contributed by atoms with Crippen molar-refractivity contribution in [2.24, 2.45) is 0 Å². The molecule has 1 aromatic heterocycles. The molecule has 1 saturated heterocycles. The number of carbonyl (C=O) groups excluding carboxylic acids is 3. The molecule has 4 N–H and O–H groups in total.